The van der Waals surface area contributed by atoms with Gasteiger partial charge in [-0.05, 0) is 27.7 Å². The van der Waals surface area contributed by atoms with Crippen LogP contribution >= 0.6 is 0 Å². The summed E-state index contributed by atoms with van der Waals surface area (Å²) >= 11 is 0. The molecule has 0 saturated heterocycles. The van der Waals surface area contributed by atoms with Crippen molar-refractivity contribution >= 4 is 12.4 Å². The third kappa shape index (κ3) is 4.47. The van der Waals surface area contributed by atoms with E-state index < -0.39 is 17.7 Å². The zero-order valence-electron chi connectivity index (χ0n) is 13.4. The molecule has 0 spiro atoms. The molecule has 1 heterocycles. The third-order valence-electron chi connectivity index (χ3n) is 2.78. The van der Waals surface area contributed by atoms with E-state index in [2.05, 4.69) is 10.4 Å². The molecule has 1 aromatic rings. The minimum Gasteiger partial charge on any atom is -0.481 e. The largest absolute Gasteiger partial charge is 0.481 e. The van der Waals surface area contributed by atoms with Crippen molar-refractivity contribution in [3.05, 3.63) is 11.3 Å². The summed E-state index contributed by atoms with van der Waals surface area (Å²) in [7, 11) is 3.26. The molecule has 0 saturated carbocycles. The highest BCUT2D eigenvalue weighted by atomic mass is 16.6. The molecule has 0 aromatic carbocycles. The van der Waals surface area contributed by atoms with E-state index in [1.807, 2.05) is 0 Å². The number of methoxy groups -OCH3 is 1. The molecule has 1 aromatic heterocycles. The number of carbonyl (C=O) groups excluding carboxylic acids is 2. The average Bonchev–Trinajstić information content (AvgIpc) is 2.60. The summed E-state index contributed by atoms with van der Waals surface area (Å²) in [4.78, 5) is 22.8. The minimum atomic E-state index is -0.607. The first-order chi connectivity index (χ1) is 9.69. The van der Waals surface area contributed by atoms with Gasteiger partial charge >= 0.3 is 6.09 Å². The van der Waals surface area contributed by atoms with Crippen molar-refractivity contribution in [2.45, 2.75) is 45.8 Å². The smallest absolute Gasteiger partial charge is 0.408 e. The summed E-state index contributed by atoms with van der Waals surface area (Å²) in [5, 5.41) is 6.94. The van der Waals surface area contributed by atoms with Gasteiger partial charge in [-0.25, -0.2) is 9.48 Å². The maximum atomic E-state index is 11.9. The Bertz CT molecular complexity index is 517. The molecule has 1 atom stereocenters. The zero-order chi connectivity index (χ0) is 16.2. The number of hydrogen-bond acceptors (Lipinski definition) is 5. The van der Waals surface area contributed by atoms with Crippen LogP contribution in [0.3, 0.4) is 0 Å². The molecule has 1 amide bonds. The Hall–Kier alpha value is -2.05. The van der Waals surface area contributed by atoms with Crippen LogP contribution < -0.4 is 10.1 Å². The number of alkyl carbamates (subject to hydrolysis) is 1. The van der Waals surface area contributed by atoms with Gasteiger partial charge in [0.15, 0.2) is 0 Å². The number of nitrogens with one attached hydrogen (secondary N) is 1. The third-order valence-corrected chi connectivity index (χ3v) is 2.78. The number of aromatic nitrogens is 2. The molecular formula is C14H23N3O4. The molecule has 0 aliphatic rings. The standard InChI is InChI=1S/C14H23N3O4/c1-9-11(12(20-6)17(5)16-9)10(7-8-18)15-13(19)21-14(2,3)4/h8,10H,7H2,1-6H3,(H,15,19)/t10-/m1/s1. The normalized spacial score (nSPS) is 12.7. The molecule has 1 N–H and O–H groups in total. The van der Waals surface area contributed by atoms with Crippen LogP contribution in [0.25, 0.3) is 0 Å². The van der Waals surface area contributed by atoms with Gasteiger partial charge in [0, 0.05) is 13.5 Å². The van der Waals surface area contributed by atoms with E-state index in [0.29, 0.717) is 17.1 Å². The predicted octanol–water partition coefficient (Wildman–Crippen LogP) is 1.89. The first-order valence-electron chi connectivity index (χ1n) is 6.70. The number of aryl methyl sites for hydroxylation is 2. The van der Waals surface area contributed by atoms with Crippen LogP contribution in [0.15, 0.2) is 0 Å². The lowest BCUT2D eigenvalue weighted by molar-refractivity contribution is -0.108. The highest BCUT2D eigenvalue weighted by Crippen LogP contribution is 2.29. The summed E-state index contributed by atoms with van der Waals surface area (Å²) < 4.78 is 12.1. The van der Waals surface area contributed by atoms with E-state index in [1.54, 1.807) is 39.4 Å². The molecule has 118 valence electrons. The number of nitrogens with zero attached hydrogens (tertiary/aromatic N) is 2. The van der Waals surface area contributed by atoms with Crippen molar-refractivity contribution in [2.24, 2.45) is 7.05 Å². The molecule has 7 heteroatoms. The van der Waals surface area contributed by atoms with Crippen molar-refractivity contribution in [3.63, 3.8) is 0 Å². The van der Waals surface area contributed by atoms with Gasteiger partial charge in [0.1, 0.15) is 11.9 Å². The Kier molecular flexibility index (Phi) is 5.34. The van der Waals surface area contributed by atoms with Crippen molar-refractivity contribution < 1.29 is 19.1 Å². The molecule has 0 aliphatic heterocycles. The number of ether oxygens (including phenoxy) is 2. The average molecular weight is 297 g/mol. The molecule has 0 radical (unpaired) electrons. The van der Waals surface area contributed by atoms with Crippen molar-refractivity contribution in [2.75, 3.05) is 7.11 Å². The number of aldehydes is 1. The maximum Gasteiger partial charge on any atom is 0.408 e. The Labute approximate surface area is 124 Å². The van der Waals surface area contributed by atoms with Gasteiger partial charge in [-0.1, -0.05) is 0 Å². The fraction of sp³-hybridized carbons (Fsp3) is 0.643. The summed E-state index contributed by atoms with van der Waals surface area (Å²) in [6.45, 7) is 7.12. The van der Waals surface area contributed by atoms with Crippen molar-refractivity contribution in [3.8, 4) is 5.88 Å². The molecule has 21 heavy (non-hydrogen) atoms. The van der Waals surface area contributed by atoms with Crippen molar-refractivity contribution in [1.29, 1.82) is 0 Å². The first kappa shape index (κ1) is 17.0. The molecule has 0 fully saturated rings. The highest BCUT2D eigenvalue weighted by molar-refractivity contribution is 5.69. The monoisotopic (exact) mass is 297 g/mol. The second-order valence-corrected chi connectivity index (χ2v) is 5.73. The van der Waals surface area contributed by atoms with E-state index in [9.17, 15) is 9.59 Å². The predicted molar refractivity (Wildman–Crippen MR) is 77.3 cm³/mol. The zero-order valence-corrected chi connectivity index (χ0v) is 13.4. The molecule has 1 rings (SSSR count). The van der Waals surface area contributed by atoms with E-state index >= 15 is 0 Å². The quantitative estimate of drug-likeness (QED) is 0.839. The molecular weight excluding hydrogens is 274 g/mol. The van der Waals surface area contributed by atoms with Gasteiger partial charge < -0.3 is 19.6 Å². The first-order valence-corrected chi connectivity index (χ1v) is 6.70. The summed E-state index contributed by atoms with van der Waals surface area (Å²) in [6.07, 6.45) is 0.274. The highest BCUT2D eigenvalue weighted by Gasteiger charge is 2.26. The second kappa shape index (κ2) is 6.60. The molecule has 7 nitrogen and oxygen atoms in total. The SMILES string of the molecule is COc1c([C@@H](CC=O)NC(=O)OC(C)(C)C)c(C)nn1C. The van der Waals surface area contributed by atoms with Crippen LogP contribution in [-0.4, -0.2) is 34.9 Å². The van der Waals surface area contributed by atoms with Gasteiger partial charge in [0.2, 0.25) is 5.88 Å². The lowest BCUT2D eigenvalue weighted by atomic mass is 10.1. The van der Waals surface area contributed by atoms with E-state index in [-0.39, 0.29) is 6.42 Å². The second-order valence-electron chi connectivity index (χ2n) is 5.73. The van der Waals surface area contributed by atoms with Crippen LogP contribution in [0.5, 0.6) is 5.88 Å². The Morgan fingerprint density at radius 3 is 2.57 bits per heavy atom. The van der Waals surface area contributed by atoms with Gasteiger partial charge in [0.05, 0.1) is 24.4 Å². The topological polar surface area (TPSA) is 82.4 Å². The fourth-order valence-electron chi connectivity index (χ4n) is 2.09. The minimum absolute atomic E-state index is 0.113. The van der Waals surface area contributed by atoms with Gasteiger partial charge in [-0.2, -0.15) is 5.10 Å². The van der Waals surface area contributed by atoms with Gasteiger partial charge in [0.25, 0.3) is 0 Å². The van der Waals surface area contributed by atoms with Gasteiger partial charge in [-0.3, -0.25) is 0 Å². The Balaban J connectivity index is 3.02. The number of rotatable bonds is 5. The van der Waals surface area contributed by atoms with Crippen LogP contribution in [0.4, 0.5) is 4.79 Å². The number of amides is 1. The summed E-state index contributed by atoms with van der Waals surface area (Å²) in [6, 6.07) is -0.541. The van der Waals surface area contributed by atoms with Gasteiger partial charge in [-0.15, -0.1) is 0 Å². The number of carbonyl (C=O) groups is 2. The lowest BCUT2D eigenvalue weighted by Gasteiger charge is -2.23. The van der Waals surface area contributed by atoms with Crippen LogP contribution in [-0.2, 0) is 16.6 Å². The van der Waals surface area contributed by atoms with Crippen LogP contribution in [0.1, 0.15) is 44.5 Å². The van der Waals surface area contributed by atoms with Crippen LogP contribution in [0, 0.1) is 6.92 Å². The maximum absolute atomic E-state index is 11.9. The molecule has 0 aliphatic carbocycles. The summed E-state index contributed by atoms with van der Waals surface area (Å²) in [5.74, 6) is 0.510. The van der Waals surface area contributed by atoms with E-state index in [1.165, 1.54) is 7.11 Å². The molecule has 0 unspecified atom stereocenters. The Morgan fingerprint density at radius 2 is 2.10 bits per heavy atom. The number of hydrogen-bond donors (Lipinski definition) is 1. The van der Waals surface area contributed by atoms with Crippen molar-refractivity contribution in [1.82, 2.24) is 15.1 Å². The Morgan fingerprint density at radius 1 is 1.48 bits per heavy atom. The molecule has 0 bridgehead atoms. The fourth-order valence-corrected chi connectivity index (χ4v) is 2.09. The lowest BCUT2D eigenvalue weighted by Crippen LogP contribution is -2.35. The summed E-state index contributed by atoms with van der Waals surface area (Å²) in [5.41, 5.74) is 0.763. The van der Waals surface area contributed by atoms with Crippen LogP contribution in [0.2, 0.25) is 0 Å². The van der Waals surface area contributed by atoms with E-state index in [4.69, 9.17) is 9.47 Å². The van der Waals surface area contributed by atoms with E-state index in [0.717, 1.165) is 6.29 Å².